The molecule has 0 N–H and O–H groups in total. The van der Waals surface area contributed by atoms with E-state index < -0.39 is 0 Å². The van der Waals surface area contributed by atoms with E-state index in [0.29, 0.717) is 5.41 Å². The van der Waals surface area contributed by atoms with E-state index >= 15 is 0 Å². The van der Waals surface area contributed by atoms with Crippen LogP contribution in [0.25, 0.3) is 66.3 Å². The van der Waals surface area contributed by atoms with Gasteiger partial charge >= 0.3 is 6.85 Å². The van der Waals surface area contributed by atoms with E-state index in [1.165, 1.54) is 194 Å². The highest BCUT2D eigenvalue weighted by Gasteiger charge is 2.55. The van der Waals surface area contributed by atoms with Crippen LogP contribution in [0.1, 0.15) is 138 Å². The Bertz CT molecular complexity index is 4070. The Morgan fingerprint density at radius 2 is 0.961 bits per heavy atom. The molecule has 10 aliphatic carbocycles. The molecule has 3 heterocycles. The van der Waals surface area contributed by atoms with Crippen LogP contribution in [0.2, 0.25) is 0 Å². The van der Waals surface area contributed by atoms with Gasteiger partial charge in [0, 0.05) is 55.3 Å². The summed E-state index contributed by atoms with van der Waals surface area (Å²) in [6, 6.07) is 61.7. The summed E-state index contributed by atoms with van der Waals surface area (Å²) in [5.41, 5.74) is 30.0. The van der Waals surface area contributed by atoms with Gasteiger partial charge < -0.3 is 9.38 Å². The van der Waals surface area contributed by atoms with E-state index in [2.05, 4.69) is 189 Å². The van der Waals surface area contributed by atoms with E-state index in [1.807, 2.05) is 0 Å². The van der Waals surface area contributed by atoms with Crippen LogP contribution < -0.4 is 15.8 Å². The molecule has 0 radical (unpaired) electrons. The molecule has 77 heavy (non-hydrogen) atoms. The third-order valence-corrected chi connectivity index (χ3v) is 23.6. The highest BCUT2D eigenvalue weighted by Crippen LogP contribution is 2.64. The van der Waals surface area contributed by atoms with Crippen LogP contribution in [0, 0.1) is 35.5 Å². The first-order valence-electron chi connectivity index (χ1n) is 30.2. The lowest BCUT2D eigenvalue weighted by Crippen LogP contribution is -2.57. The molecule has 0 atom stereocenters. The van der Waals surface area contributed by atoms with E-state index in [-0.39, 0.29) is 23.1 Å². The van der Waals surface area contributed by atoms with Crippen molar-refractivity contribution in [1.29, 1.82) is 0 Å². The number of benzene rings is 8. The molecular formula is C74H67BN2. The van der Waals surface area contributed by atoms with Gasteiger partial charge in [0.05, 0.1) is 0 Å². The molecule has 8 aromatic carbocycles. The number of rotatable bonds is 4. The topological polar surface area (TPSA) is 8.17 Å². The lowest BCUT2D eigenvalue weighted by atomic mass is 9.44. The minimum atomic E-state index is -0.143. The van der Waals surface area contributed by atoms with Crippen LogP contribution in [-0.4, -0.2) is 11.3 Å². The van der Waals surface area contributed by atoms with Crippen molar-refractivity contribution < 1.29 is 0 Å². The Kier molecular flexibility index (Phi) is 8.10. The first-order valence-corrected chi connectivity index (χ1v) is 30.2. The molecule has 0 amide bonds. The Morgan fingerprint density at radius 1 is 0.403 bits per heavy atom. The Balaban J connectivity index is 0.935. The van der Waals surface area contributed by atoms with Crippen molar-refractivity contribution in [3.63, 3.8) is 0 Å². The van der Waals surface area contributed by atoms with Crippen LogP contribution in [0.15, 0.2) is 152 Å². The summed E-state index contributed by atoms with van der Waals surface area (Å²) in [4.78, 5) is 2.74. The van der Waals surface area contributed by atoms with Gasteiger partial charge in [-0.25, -0.2) is 0 Å². The third-order valence-electron chi connectivity index (χ3n) is 23.6. The smallest absolute Gasteiger partial charge is 0.333 e. The summed E-state index contributed by atoms with van der Waals surface area (Å²) in [5, 5.41) is 3.03. The minimum absolute atomic E-state index is 0.0145. The van der Waals surface area contributed by atoms with Gasteiger partial charge in [-0.3, -0.25) is 0 Å². The summed E-state index contributed by atoms with van der Waals surface area (Å²) in [7, 11) is 0. The standard InChI is InChI=1S/C74H67BN2/c1-71(2)61-16-10-8-14-53(61)55-20-19-52(33-63(55)71)76-67-34-56-54-15-9-11-17-62(54)72(3,4)64(56)35-65(67)75-69-58(28-49(29-68(69)76)48-12-6-5-7-13-48)60-32-51(74-39-45-25-46(40-74)27-47(26-45)41-74)31-59-57-30-50(18-21-66(57)77(75)70(59)60)73-36-42-22-43(37-73)24-44(23-42)38-73/h5-21,28-35,42-47H,22-27,36-41H2,1-4H3. The third kappa shape index (κ3) is 5.51. The summed E-state index contributed by atoms with van der Waals surface area (Å²) in [5.74, 6) is 5.36. The maximum atomic E-state index is 2.92. The van der Waals surface area contributed by atoms with Gasteiger partial charge in [0.1, 0.15) is 0 Å². The van der Waals surface area contributed by atoms with E-state index in [1.54, 1.807) is 11.1 Å². The van der Waals surface area contributed by atoms with Crippen molar-refractivity contribution in [3.05, 3.63) is 185 Å². The first-order chi connectivity index (χ1) is 37.5. The molecule has 0 spiro atoms. The molecule has 12 aliphatic rings. The largest absolute Gasteiger partial charge is 0.375 e. The predicted molar refractivity (Wildman–Crippen MR) is 320 cm³/mol. The second kappa shape index (κ2) is 14.4. The zero-order valence-electron chi connectivity index (χ0n) is 45.4. The molecular weight excluding hydrogens is 928 g/mol. The highest BCUT2D eigenvalue weighted by atomic mass is 15.2. The van der Waals surface area contributed by atoms with Crippen LogP contribution in [-0.2, 0) is 21.7 Å². The lowest BCUT2D eigenvalue weighted by molar-refractivity contribution is -0.00527. The molecule has 1 aromatic heterocycles. The maximum Gasteiger partial charge on any atom is 0.333 e. The molecule has 8 saturated carbocycles. The molecule has 8 bridgehead atoms. The lowest BCUT2D eigenvalue weighted by Gasteiger charge is -2.57. The van der Waals surface area contributed by atoms with Gasteiger partial charge in [-0.2, -0.15) is 0 Å². The van der Waals surface area contributed by atoms with Crippen molar-refractivity contribution in [1.82, 2.24) is 4.48 Å². The number of aromatic nitrogens is 1. The number of nitrogens with zero attached hydrogens (tertiary/aromatic N) is 2. The van der Waals surface area contributed by atoms with Crippen LogP contribution >= 0.6 is 0 Å². The van der Waals surface area contributed by atoms with Crippen molar-refractivity contribution in [2.24, 2.45) is 35.5 Å². The summed E-state index contributed by atoms with van der Waals surface area (Å²) in [6.07, 6.45) is 17.1. The molecule has 2 nitrogen and oxygen atoms in total. The van der Waals surface area contributed by atoms with E-state index in [0.717, 1.165) is 35.5 Å². The van der Waals surface area contributed by atoms with Crippen molar-refractivity contribution in [2.45, 2.75) is 126 Å². The second-order valence-electron chi connectivity index (χ2n) is 28.5. The summed E-state index contributed by atoms with van der Waals surface area (Å²) >= 11 is 0. The number of hydrogen-bond donors (Lipinski definition) is 0. The fourth-order valence-corrected chi connectivity index (χ4v) is 21.2. The minimum Gasteiger partial charge on any atom is -0.375 e. The van der Waals surface area contributed by atoms with Gasteiger partial charge in [-0.05, 0) is 261 Å². The van der Waals surface area contributed by atoms with Gasteiger partial charge in [0.15, 0.2) is 0 Å². The average Bonchev–Trinajstić information content (AvgIpc) is 4.23. The van der Waals surface area contributed by atoms with Crippen molar-refractivity contribution >= 4 is 56.6 Å². The SMILES string of the molecule is CC1(C)c2ccccc2-c2ccc(N3c4cc5c(cc4B4c6c(cc(-c7ccccc7)cc63)-c3cc(C67CC8CC(CC(C8)C6)C7)cc6c7cc(C89CC%10CC(CC(C%10)C8)C9)ccc7n4c36)C(C)(C)c3ccccc3-5)cc21. The first kappa shape index (κ1) is 43.4. The number of anilines is 3. The van der Waals surface area contributed by atoms with Crippen molar-refractivity contribution in [2.75, 3.05) is 4.90 Å². The van der Waals surface area contributed by atoms with Gasteiger partial charge in [-0.15, -0.1) is 0 Å². The molecule has 8 fully saturated rings. The average molecular weight is 995 g/mol. The molecule has 21 rings (SSSR count). The van der Waals surface area contributed by atoms with E-state index in [9.17, 15) is 0 Å². The molecule has 9 aromatic rings. The Morgan fingerprint density at radius 3 is 1.61 bits per heavy atom. The fourth-order valence-electron chi connectivity index (χ4n) is 21.2. The zero-order valence-corrected chi connectivity index (χ0v) is 45.4. The fraction of sp³-hybridized carbons (Fsp3) is 0.351. The zero-order chi connectivity index (χ0) is 50.6. The van der Waals surface area contributed by atoms with Crippen LogP contribution in [0.4, 0.5) is 17.1 Å². The van der Waals surface area contributed by atoms with Crippen LogP contribution in [0.3, 0.4) is 0 Å². The quantitative estimate of drug-likeness (QED) is 0.160. The Hall–Kier alpha value is -6.58. The Labute approximate surface area is 455 Å². The molecule has 0 unspecified atom stereocenters. The van der Waals surface area contributed by atoms with Crippen molar-refractivity contribution in [3.8, 4) is 44.5 Å². The monoisotopic (exact) mass is 995 g/mol. The molecule has 2 aliphatic heterocycles. The maximum absolute atomic E-state index is 2.92. The number of hydrogen-bond acceptors (Lipinski definition) is 1. The summed E-state index contributed by atoms with van der Waals surface area (Å²) in [6.45, 7) is 9.84. The van der Waals surface area contributed by atoms with Gasteiger partial charge in [0.25, 0.3) is 0 Å². The highest BCUT2D eigenvalue weighted by molar-refractivity contribution is 6.90. The van der Waals surface area contributed by atoms with Gasteiger partial charge in [-0.1, -0.05) is 125 Å². The predicted octanol–water partition coefficient (Wildman–Crippen LogP) is 17.4. The molecule has 3 heteroatoms. The normalized spacial score (nSPS) is 28.9. The van der Waals surface area contributed by atoms with E-state index in [4.69, 9.17) is 0 Å². The molecule has 376 valence electrons. The summed E-state index contributed by atoms with van der Waals surface area (Å²) < 4.78 is 2.92. The molecule has 0 saturated heterocycles. The second-order valence-corrected chi connectivity index (χ2v) is 28.5. The van der Waals surface area contributed by atoms with Crippen LogP contribution in [0.5, 0.6) is 0 Å². The van der Waals surface area contributed by atoms with Gasteiger partial charge in [0.2, 0.25) is 0 Å². The number of fused-ring (bicyclic) bond motifs is 13.